The van der Waals surface area contributed by atoms with Gasteiger partial charge in [-0.05, 0) is 24.8 Å². The number of likely N-dealkylation sites (tertiary alicyclic amines) is 1. The topological polar surface area (TPSA) is 49.9 Å². The number of amides is 2. The van der Waals surface area contributed by atoms with Gasteiger partial charge in [0, 0.05) is 13.0 Å². The number of morpholine rings is 1. The zero-order valence-corrected chi connectivity index (χ0v) is 15.4. The third kappa shape index (κ3) is 3.71. The second-order valence-electron chi connectivity index (χ2n) is 7.45. The number of hydrogen-bond acceptors (Lipinski definition) is 3. The van der Waals surface area contributed by atoms with Crippen molar-refractivity contribution in [3.8, 4) is 0 Å². The predicted molar refractivity (Wildman–Crippen MR) is 95.9 cm³/mol. The van der Waals surface area contributed by atoms with Crippen molar-refractivity contribution < 1.29 is 14.3 Å². The van der Waals surface area contributed by atoms with Crippen molar-refractivity contribution in [3.05, 3.63) is 35.9 Å². The van der Waals surface area contributed by atoms with Crippen LogP contribution in [0.25, 0.3) is 0 Å². The molecule has 0 bridgehead atoms. The van der Waals surface area contributed by atoms with Crippen LogP contribution in [-0.2, 0) is 14.3 Å². The minimum absolute atomic E-state index is 0.0198. The fourth-order valence-electron chi connectivity index (χ4n) is 3.84. The molecular weight excluding hydrogens is 316 g/mol. The summed E-state index contributed by atoms with van der Waals surface area (Å²) in [4.78, 5) is 29.2. The van der Waals surface area contributed by atoms with E-state index >= 15 is 0 Å². The van der Waals surface area contributed by atoms with Crippen LogP contribution in [-0.4, -0.2) is 53.4 Å². The lowest BCUT2D eigenvalue weighted by Gasteiger charge is -2.42. The second-order valence-corrected chi connectivity index (χ2v) is 7.45. The zero-order valence-electron chi connectivity index (χ0n) is 15.4. The van der Waals surface area contributed by atoms with Gasteiger partial charge < -0.3 is 14.5 Å². The standard InChI is InChI=1S/C20H28N2O3/c1-14(2)19(21-11-7-10-18(21)23)20(24)22-12-17(25-13-15(22)3)16-8-5-4-6-9-16/h4-6,8-9,14-15,17,19H,7,10-13H2,1-3H3/t15-,17+,19-/m0/s1. The smallest absolute Gasteiger partial charge is 0.246 e. The fourth-order valence-corrected chi connectivity index (χ4v) is 3.84. The highest BCUT2D eigenvalue weighted by Crippen LogP contribution is 2.28. The Labute approximate surface area is 149 Å². The summed E-state index contributed by atoms with van der Waals surface area (Å²) in [6.45, 7) is 7.80. The second kappa shape index (κ2) is 7.56. The Morgan fingerprint density at radius 2 is 1.96 bits per heavy atom. The molecule has 0 saturated carbocycles. The van der Waals surface area contributed by atoms with Gasteiger partial charge in [-0.2, -0.15) is 0 Å². The third-order valence-corrected chi connectivity index (χ3v) is 5.22. The molecular formula is C20H28N2O3. The molecule has 2 amide bonds. The summed E-state index contributed by atoms with van der Waals surface area (Å²) in [5.41, 5.74) is 1.09. The molecule has 136 valence electrons. The maximum Gasteiger partial charge on any atom is 0.246 e. The summed E-state index contributed by atoms with van der Waals surface area (Å²) in [5, 5.41) is 0. The summed E-state index contributed by atoms with van der Waals surface area (Å²) in [6.07, 6.45) is 1.30. The highest BCUT2D eigenvalue weighted by Gasteiger charge is 2.40. The normalized spacial score (nSPS) is 25.5. The van der Waals surface area contributed by atoms with Crippen LogP contribution >= 0.6 is 0 Å². The van der Waals surface area contributed by atoms with E-state index in [9.17, 15) is 9.59 Å². The van der Waals surface area contributed by atoms with E-state index in [-0.39, 0.29) is 35.9 Å². The lowest BCUT2D eigenvalue weighted by molar-refractivity contribution is -0.155. The van der Waals surface area contributed by atoms with Crippen molar-refractivity contribution in [2.75, 3.05) is 19.7 Å². The SMILES string of the molecule is CC(C)[C@@H](C(=O)N1C[C@H](c2ccccc2)OC[C@@H]1C)N1CCCC1=O. The van der Waals surface area contributed by atoms with E-state index in [1.165, 1.54) is 0 Å². The molecule has 2 aliphatic heterocycles. The number of hydrogen-bond donors (Lipinski definition) is 0. The molecule has 0 radical (unpaired) electrons. The lowest BCUT2D eigenvalue weighted by atomic mass is 9.98. The van der Waals surface area contributed by atoms with Crippen molar-refractivity contribution in [2.24, 2.45) is 5.92 Å². The molecule has 0 N–H and O–H groups in total. The minimum atomic E-state index is -0.369. The summed E-state index contributed by atoms with van der Waals surface area (Å²) in [7, 11) is 0. The van der Waals surface area contributed by atoms with Gasteiger partial charge in [0.2, 0.25) is 11.8 Å². The van der Waals surface area contributed by atoms with E-state index in [1.807, 2.05) is 56.0 Å². The molecule has 2 heterocycles. The van der Waals surface area contributed by atoms with Gasteiger partial charge in [-0.1, -0.05) is 44.2 Å². The number of nitrogens with zero attached hydrogens (tertiary/aromatic N) is 2. The molecule has 3 rings (SSSR count). The Morgan fingerprint density at radius 3 is 2.56 bits per heavy atom. The van der Waals surface area contributed by atoms with Gasteiger partial charge in [0.15, 0.2) is 0 Å². The quantitative estimate of drug-likeness (QED) is 0.844. The van der Waals surface area contributed by atoms with Crippen molar-refractivity contribution in [3.63, 3.8) is 0 Å². The monoisotopic (exact) mass is 344 g/mol. The molecule has 25 heavy (non-hydrogen) atoms. The molecule has 1 aromatic carbocycles. The minimum Gasteiger partial charge on any atom is -0.370 e. The van der Waals surface area contributed by atoms with Crippen LogP contribution in [0.5, 0.6) is 0 Å². The highest BCUT2D eigenvalue weighted by molar-refractivity contribution is 5.89. The first-order valence-electron chi connectivity index (χ1n) is 9.25. The van der Waals surface area contributed by atoms with Gasteiger partial charge in [-0.25, -0.2) is 0 Å². The maximum absolute atomic E-state index is 13.3. The molecule has 2 aliphatic rings. The number of rotatable bonds is 4. The van der Waals surface area contributed by atoms with Gasteiger partial charge >= 0.3 is 0 Å². The van der Waals surface area contributed by atoms with Crippen LogP contribution in [0.1, 0.15) is 45.3 Å². The highest BCUT2D eigenvalue weighted by atomic mass is 16.5. The largest absolute Gasteiger partial charge is 0.370 e. The van der Waals surface area contributed by atoms with Crippen molar-refractivity contribution >= 4 is 11.8 Å². The predicted octanol–water partition coefficient (Wildman–Crippen LogP) is 2.62. The Balaban J connectivity index is 1.79. The first kappa shape index (κ1) is 17.9. The number of benzene rings is 1. The summed E-state index contributed by atoms with van der Waals surface area (Å²) >= 11 is 0. The lowest BCUT2D eigenvalue weighted by Crippen LogP contribution is -2.57. The van der Waals surface area contributed by atoms with Gasteiger partial charge in [0.05, 0.1) is 19.2 Å². The van der Waals surface area contributed by atoms with Crippen LogP contribution in [0.3, 0.4) is 0 Å². The summed E-state index contributed by atoms with van der Waals surface area (Å²) in [5.74, 6) is 0.259. The molecule has 1 aromatic rings. The van der Waals surface area contributed by atoms with E-state index < -0.39 is 0 Å². The van der Waals surface area contributed by atoms with E-state index in [4.69, 9.17) is 4.74 Å². The van der Waals surface area contributed by atoms with E-state index in [0.29, 0.717) is 26.1 Å². The molecule has 3 atom stereocenters. The molecule has 0 spiro atoms. The van der Waals surface area contributed by atoms with Gasteiger partial charge in [-0.15, -0.1) is 0 Å². The third-order valence-electron chi connectivity index (χ3n) is 5.22. The molecule has 0 aromatic heterocycles. The van der Waals surface area contributed by atoms with Crippen LogP contribution in [0, 0.1) is 5.92 Å². The van der Waals surface area contributed by atoms with Crippen LogP contribution in [0.2, 0.25) is 0 Å². The van der Waals surface area contributed by atoms with Gasteiger partial charge in [0.25, 0.3) is 0 Å². The molecule has 2 saturated heterocycles. The molecule has 5 nitrogen and oxygen atoms in total. The van der Waals surface area contributed by atoms with Crippen LogP contribution in [0.4, 0.5) is 0 Å². The van der Waals surface area contributed by atoms with E-state index in [2.05, 4.69) is 0 Å². The van der Waals surface area contributed by atoms with Crippen molar-refractivity contribution in [2.45, 2.75) is 51.8 Å². The van der Waals surface area contributed by atoms with Gasteiger partial charge in [-0.3, -0.25) is 9.59 Å². The first-order chi connectivity index (χ1) is 12.0. The summed E-state index contributed by atoms with van der Waals surface area (Å²) in [6, 6.07) is 9.68. The number of carbonyl (C=O) groups excluding carboxylic acids is 2. The van der Waals surface area contributed by atoms with Crippen molar-refractivity contribution in [1.29, 1.82) is 0 Å². The maximum atomic E-state index is 13.3. The van der Waals surface area contributed by atoms with Crippen molar-refractivity contribution in [1.82, 2.24) is 9.80 Å². The van der Waals surface area contributed by atoms with Crippen LogP contribution < -0.4 is 0 Å². The number of ether oxygens (including phenoxy) is 1. The van der Waals surface area contributed by atoms with Crippen LogP contribution in [0.15, 0.2) is 30.3 Å². The summed E-state index contributed by atoms with van der Waals surface area (Å²) < 4.78 is 5.97. The average Bonchev–Trinajstić information content (AvgIpc) is 3.01. The van der Waals surface area contributed by atoms with E-state index in [0.717, 1.165) is 12.0 Å². The first-order valence-corrected chi connectivity index (χ1v) is 9.25. The fraction of sp³-hybridized carbons (Fsp3) is 0.600. The Kier molecular flexibility index (Phi) is 5.42. The number of carbonyl (C=O) groups is 2. The van der Waals surface area contributed by atoms with Gasteiger partial charge in [0.1, 0.15) is 12.1 Å². The molecule has 5 heteroatoms. The Bertz CT molecular complexity index is 617. The molecule has 0 aliphatic carbocycles. The zero-order chi connectivity index (χ0) is 18.0. The molecule has 2 fully saturated rings. The van der Waals surface area contributed by atoms with E-state index in [1.54, 1.807) is 4.90 Å². The Morgan fingerprint density at radius 1 is 1.24 bits per heavy atom. The Hall–Kier alpha value is -1.88. The molecule has 0 unspecified atom stereocenters. The average molecular weight is 344 g/mol.